The molecule has 0 bridgehead atoms. The summed E-state index contributed by atoms with van der Waals surface area (Å²) < 4.78 is 5.84. The number of rotatable bonds is 7. The zero-order chi connectivity index (χ0) is 15.9. The minimum atomic E-state index is -0.492. The molecule has 1 aromatic carbocycles. The zero-order valence-electron chi connectivity index (χ0n) is 13.1. The van der Waals surface area contributed by atoms with Crippen LogP contribution in [0.15, 0.2) is 42.6 Å². The predicted molar refractivity (Wildman–Crippen MR) is 87.0 cm³/mol. The molecule has 0 atom stereocenters. The van der Waals surface area contributed by atoms with Crippen molar-refractivity contribution in [2.45, 2.75) is 33.1 Å². The monoisotopic (exact) mass is 298 g/mol. The standard InChI is InChI=1S/C18H22N2O2/c1-13(2)6-5-8-14-7-3-4-9-16(14)22-17-11-10-15(12-20-17)18(19)21/h3-4,7,9-13H,5-6,8H2,1-2H3,(H2,19,21). The van der Waals surface area contributed by atoms with E-state index in [0.29, 0.717) is 17.4 Å². The number of amides is 1. The molecule has 0 unspecified atom stereocenters. The van der Waals surface area contributed by atoms with Gasteiger partial charge in [0, 0.05) is 12.3 Å². The van der Waals surface area contributed by atoms with Crippen LogP contribution in [0.25, 0.3) is 0 Å². The van der Waals surface area contributed by atoms with E-state index in [0.717, 1.165) is 18.6 Å². The number of hydrogen-bond donors (Lipinski definition) is 1. The first-order valence-corrected chi connectivity index (χ1v) is 7.58. The summed E-state index contributed by atoms with van der Waals surface area (Å²) in [6.07, 6.45) is 4.73. The Morgan fingerprint density at radius 3 is 2.64 bits per heavy atom. The quantitative estimate of drug-likeness (QED) is 0.841. The van der Waals surface area contributed by atoms with E-state index in [-0.39, 0.29) is 0 Å². The molecule has 4 heteroatoms. The van der Waals surface area contributed by atoms with Crippen molar-refractivity contribution in [1.29, 1.82) is 0 Å². The molecular weight excluding hydrogens is 276 g/mol. The Kier molecular flexibility index (Phi) is 5.53. The van der Waals surface area contributed by atoms with Crippen LogP contribution in [0.4, 0.5) is 0 Å². The van der Waals surface area contributed by atoms with Gasteiger partial charge in [-0.25, -0.2) is 4.98 Å². The normalized spacial score (nSPS) is 10.7. The number of para-hydroxylation sites is 1. The number of benzene rings is 1. The minimum absolute atomic E-state index is 0.373. The Morgan fingerprint density at radius 1 is 1.23 bits per heavy atom. The first kappa shape index (κ1) is 16.0. The molecule has 22 heavy (non-hydrogen) atoms. The number of hydrogen-bond acceptors (Lipinski definition) is 3. The van der Waals surface area contributed by atoms with Crippen LogP contribution < -0.4 is 10.5 Å². The summed E-state index contributed by atoms with van der Waals surface area (Å²) in [5.74, 6) is 1.48. The molecule has 116 valence electrons. The number of nitrogens with zero attached hydrogens (tertiary/aromatic N) is 1. The van der Waals surface area contributed by atoms with E-state index < -0.39 is 5.91 Å². The molecule has 1 amide bonds. The van der Waals surface area contributed by atoms with Crippen LogP contribution in [0.3, 0.4) is 0 Å². The fraction of sp³-hybridized carbons (Fsp3) is 0.333. The molecule has 0 radical (unpaired) electrons. The summed E-state index contributed by atoms with van der Waals surface area (Å²) in [7, 11) is 0. The van der Waals surface area contributed by atoms with Crippen molar-refractivity contribution in [1.82, 2.24) is 4.98 Å². The Balaban J connectivity index is 2.07. The SMILES string of the molecule is CC(C)CCCc1ccccc1Oc1ccc(C(N)=O)cn1. The predicted octanol–water partition coefficient (Wildman–Crippen LogP) is 3.95. The van der Waals surface area contributed by atoms with E-state index in [9.17, 15) is 4.79 Å². The van der Waals surface area contributed by atoms with Crippen LogP contribution >= 0.6 is 0 Å². The van der Waals surface area contributed by atoms with Gasteiger partial charge in [0.1, 0.15) is 5.75 Å². The lowest BCUT2D eigenvalue weighted by Gasteiger charge is -2.11. The van der Waals surface area contributed by atoms with Gasteiger partial charge in [0.15, 0.2) is 0 Å². The maximum atomic E-state index is 11.0. The smallest absolute Gasteiger partial charge is 0.250 e. The molecule has 0 saturated carbocycles. The van der Waals surface area contributed by atoms with Gasteiger partial charge in [0.2, 0.25) is 11.8 Å². The number of pyridine rings is 1. The lowest BCUT2D eigenvalue weighted by molar-refractivity contribution is 0.1000. The van der Waals surface area contributed by atoms with Crippen molar-refractivity contribution in [2.24, 2.45) is 11.7 Å². The second-order valence-corrected chi connectivity index (χ2v) is 5.75. The summed E-state index contributed by atoms with van der Waals surface area (Å²) in [6, 6.07) is 11.2. The van der Waals surface area contributed by atoms with Crippen molar-refractivity contribution in [2.75, 3.05) is 0 Å². The third-order valence-electron chi connectivity index (χ3n) is 3.44. The van der Waals surface area contributed by atoms with Gasteiger partial charge in [-0.05, 0) is 36.5 Å². The average molecular weight is 298 g/mol. The van der Waals surface area contributed by atoms with E-state index in [1.54, 1.807) is 12.1 Å². The number of carbonyl (C=O) groups excluding carboxylic acids is 1. The van der Waals surface area contributed by atoms with Gasteiger partial charge >= 0.3 is 0 Å². The molecule has 0 aliphatic rings. The highest BCUT2D eigenvalue weighted by Crippen LogP contribution is 2.25. The van der Waals surface area contributed by atoms with Crippen LogP contribution in [0.2, 0.25) is 0 Å². The van der Waals surface area contributed by atoms with Crippen molar-refractivity contribution in [3.8, 4) is 11.6 Å². The molecule has 0 fully saturated rings. The molecule has 2 rings (SSSR count). The minimum Gasteiger partial charge on any atom is -0.439 e. The number of ether oxygens (including phenoxy) is 1. The molecule has 2 N–H and O–H groups in total. The van der Waals surface area contributed by atoms with Crippen molar-refractivity contribution < 1.29 is 9.53 Å². The fourth-order valence-corrected chi connectivity index (χ4v) is 2.21. The Labute approximate surface area is 131 Å². The summed E-state index contributed by atoms with van der Waals surface area (Å²) in [6.45, 7) is 4.46. The molecule has 0 aliphatic carbocycles. The first-order valence-electron chi connectivity index (χ1n) is 7.58. The lowest BCUT2D eigenvalue weighted by Crippen LogP contribution is -2.10. The second kappa shape index (κ2) is 7.59. The van der Waals surface area contributed by atoms with Crippen molar-refractivity contribution >= 4 is 5.91 Å². The van der Waals surface area contributed by atoms with Crippen LogP contribution in [-0.4, -0.2) is 10.9 Å². The summed E-state index contributed by atoms with van der Waals surface area (Å²) in [5.41, 5.74) is 6.74. The zero-order valence-corrected chi connectivity index (χ0v) is 13.1. The highest BCUT2D eigenvalue weighted by atomic mass is 16.5. The van der Waals surface area contributed by atoms with E-state index in [4.69, 9.17) is 10.5 Å². The lowest BCUT2D eigenvalue weighted by atomic mass is 10.0. The van der Waals surface area contributed by atoms with Gasteiger partial charge in [-0.15, -0.1) is 0 Å². The molecule has 4 nitrogen and oxygen atoms in total. The Morgan fingerprint density at radius 2 is 2.00 bits per heavy atom. The van der Waals surface area contributed by atoms with Crippen molar-refractivity contribution in [3.05, 3.63) is 53.7 Å². The number of carbonyl (C=O) groups is 1. The van der Waals surface area contributed by atoms with Crippen LogP contribution in [0.1, 0.15) is 42.6 Å². The van der Waals surface area contributed by atoms with Crippen molar-refractivity contribution in [3.63, 3.8) is 0 Å². The number of aromatic nitrogens is 1. The van der Waals surface area contributed by atoms with Gasteiger partial charge in [-0.1, -0.05) is 38.5 Å². The summed E-state index contributed by atoms with van der Waals surface area (Å²) in [4.78, 5) is 15.2. The topological polar surface area (TPSA) is 65.2 Å². The molecule has 1 heterocycles. The summed E-state index contributed by atoms with van der Waals surface area (Å²) >= 11 is 0. The first-order chi connectivity index (χ1) is 10.6. The van der Waals surface area contributed by atoms with E-state index in [1.807, 2.05) is 18.2 Å². The molecule has 0 spiro atoms. The van der Waals surface area contributed by atoms with Gasteiger partial charge in [0.25, 0.3) is 0 Å². The second-order valence-electron chi connectivity index (χ2n) is 5.75. The fourth-order valence-electron chi connectivity index (χ4n) is 2.21. The number of primary amides is 1. The van der Waals surface area contributed by atoms with Crippen LogP contribution in [-0.2, 0) is 6.42 Å². The highest BCUT2D eigenvalue weighted by molar-refractivity contribution is 5.92. The Hall–Kier alpha value is -2.36. The average Bonchev–Trinajstić information content (AvgIpc) is 2.49. The molecule has 0 aliphatic heterocycles. The molecule has 0 saturated heterocycles. The number of aryl methyl sites for hydroxylation is 1. The van der Waals surface area contributed by atoms with Gasteiger partial charge in [0.05, 0.1) is 5.56 Å². The van der Waals surface area contributed by atoms with Gasteiger partial charge in [-0.2, -0.15) is 0 Å². The maximum absolute atomic E-state index is 11.0. The van der Waals surface area contributed by atoms with E-state index in [2.05, 4.69) is 24.9 Å². The number of nitrogens with two attached hydrogens (primary N) is 1. The summed E-state index contributed by atoms with van der Waals surface area (Å²) in [5, 5.41) is 0. The third-order valence-corrected chi connectivity index (χ3v) is 3.44. The van der Waals surface area contributed by atoms with Crippen LogP contribution in [0.5, 0.6) is 11.6 Å². The maximum Gasteiger partial charge on any atom is 0.250 e. The van der Waals surface area contributed by atoms with Crippen LogP contribution in [0, 0.1) is 5.92 Å². The molecule has 2 aromatic rings. The van der Waals surface area contributed by atoms with E-state index in [1.165, 1.54) is 18.2 Å². The highest BCUT2D eigenvalue weighted by Gasteiger charge is 2.07. The molecule has 1 aromatic heterocycles. The van der Waals surface area contributed by atoms with E-state index >= 15 is 0 Å². The van der Waals surface area contributed by atoms with Gasteiger partial charge < -0.3 is 10.5 Å². The largest absolute Gasteiger partial charge is 0.439 e. The third kappa shape index (κ3) is 4.58. The van der Waals surface area contributed by atoms with Gasteiger partial charge in [-0.3, -0.25) is 4.79 Å². The Bertz CT molecular complexity index is 621. The molecular formula is C18H22N2O2.